The third-order valence-electron chi connectivity index (χ3n) is 5.15. The van der Waals surface area contributed by atoms with Crippen LogP contribution >= 0.6 is 0 Å². The van der Waals surface area contributed by atoms with E-state index >= 15 is 0 Å². The highest BCUT2D eigenvalue weighted by Gasteiger charge is 2.41. The Morgan fingerprint density at radius 1 is 1.12 bits per heavy atom. The minimum Gasteiger partial charge on any atom is -0.444 e. The first-order valence-corrected chi connectivity index (χ1v) is 10.6. The molecule has 9 nitrogen and oxygen atoms in total. The van der Waals surface area contributed by atoms with Crippen LogP contribution in [0.3, 0.4) is 0 Å². The summed E-state index contributed by atoms with van der Waals surface area (Å²) in [4.78, 5) is 36.4. The van der Waals surface area contributed by atoms with Crippen LogP contribution in [0.5, 0.6) is 0 Å². The van der Waals surface area contributed by atoms with Gasteiger partial charge in [-0.25, -0.2) is 19.2 Å². The minimum atomic E-state index is -0.579. The zero-order chi connectivity index (χ0) is 23.2. The highest BCUT2D eigenvalue weighted by Crippen LogP contribution is 2.43. The van der Waals surface area contributed by atoms with Gasteiger partial charge in [0, 0.05) is 43.6 Å². The Balaban J connectivity index is 1.46. The summed E-state index contributed by atoms with van der Waals surface area (Å²) in [6.45, 7) is 6.24. The molecule has 10 heteroatoms. The molecule has 172 valence electrons. The summed E-state index contributed by atoms with van der Waals surface area (Å²) in [6.07, 6.45) is 6.59. The maximum absolute atomic E-state index is 14.2. The number of alkyl carbamates (subject to hydrolysis) is 1. The molecule has 0 unspecified atom stereocenters. The van der Waals surface area contributed by atoms with E-state index in [-0.39, 0.29) is 30.2 Å². The molecule has 0 bridgehead atoms. The molecule has 1 aliphatic carbocycles. The smallest absolute Gasteiger partial charge is 0.407 e. The number of carbonyl (C=O) groups excluding carboxylic acids is 2. The Bertz CT molecular complexity index is 941. The molecule has 0 spiro atoms. The van der Waals surface area contributed by atoms with E-state index in [9.17, 15) is 14.0 Å². The van der Waals surface area contributed by atoms with Crippen molar-refractivity contribution in [3.63, 3.8) is 0 Å². The van der Waals surface area contributed by atoms with E-state index in [2.05, 4.69) is 30.9 Å². The summed E-state index contributed by atoms with van der Waals surface area (Å²) in [5.41, 5.74) is -0.187. The number of hydrogen-bond donors (Lipinski definition) is 3. The highest BCUT2D eigenvalue weighted by atomic mass is 19.1. The molecular weight excluding hydrogens is 415 g/mol. The number of aromatic nitrogens is 3. The lowest BCUT2D eigenvalue weighted by Crippen LogP contribution is -2.42. The second kappa shape index (κ2) is 9.88. The number of hydrogen-bond acceptors (Lipinski definition) is 7. The molecule has 0 aromatic carbocycles. The summed E-state index contributed by atoms with van der Waals surface area (Å²) in [7, 11) is 0. The third-order valence-corrected chi connectivity index (χ3v) is 5.15. The standard InChI is InChI=1S/C22H29FN6O3/c1-21(2,3)32-20(31)26-11-10-25-18(30)15-12-27-19(28-13-15)29-14-22(7-5-8-22)17-16(23)6-4-9-24-17/h4,6,9,12-13H,5,7-8,10-11,14H2,1-3H3,(H,25,30)(H,26,31)(H,27,28,29). The van der Waals surface area contributed by atoms with Crippen LogP contribution in [-0.2, 0) is 10.2 Å². The summed E-state index contributed by atoms with van der Waals surface area (Å²) in [6, 6.07) is 3.01. The quantitative estimate of drug-likeness (QED) is 0.536. The molecule has 32 heavy (non-hydrogen) atoms. The van der Waals surface area contributed by atoms with Crippen molar-refractivity contribution in [1.29, 1.82) is 0 Å². The normalized spacial score (nSPS) is 14.8. The van der Waals surface area contributed by atoms with Crippen molar-refractivity contribution in [3.05, 3.63) is 47.8 Å². The molecule has 2 amide bonds. The van der Waals surface area contributed by atoms with Gasteiger partial charge in [-0.1, -0.05) is 6.42 Å². The van der Waals surface area contributed by atoms with E-state index < -0.39 is 11.7 Å². The minimum absolute atomic E-state index is 0.229. The monoisotopic (exact) mass is 444 g/mol. The van der Waals surface area contributed by atoms with Crippen molar-refractivity contribution in [2.24, 2.45) is 0 Å². The Morgan fingerprint density at radius 2 is 1.81 bits per heavy atom. The van der Waals surface area contributed by atoms with Gasteiger partial charge in [0.1, 0.15) is 11.4 Å². The Morgan fingerprint density at radius 3 is 2.41 bits per heavy atom. The molecule has 0 atom stereocenters. The van der Waals surface area contributed by atoms with E-state index in [1.807, 2.05) is 0 Å². The predicted molar refractivity (Wildman–Crippen MR) is 117 cm³/mol. The average molecular weight is 445 g/mol. The predicted octanol–water partition coefficient (Wildman–Crippen LogP) is 2.80. The van der Waals surface area contributed by atoms with Crippen LogP contribution in [0.1, 0.15) is 56.1 Å². The van der Waals surface area contributed by atoms with E-state index in [1.165, 1.54) is 18.5 Å². The summed E-state index contributed by atoms with van der Waals surface area (Å²) in [5, 5.41) is 8.39. The van der Waals surface area contributed by atoms with Gasteiger partial charge in [-0.15, -0.1) is 0 Å². The molecule has 0 saturated heterocycles. The summed E-state index contributed by atoms with van der Waals surface area (Å²) >= 11 is 0. The first-order chi connectivity index (χ1) is 15.2. The first-order valence-electron chi connectivity index (χ1n) is 10.6. The molecule has 3 N–H and O–H groups in total. The van der Waals surface area contributed by atoms with E-state index in [4.69, 9.17) is 4.74 Å². The Labute approximate surface area is 186 Å². The van der Waals surface area contributed by atoms with Crippen molar-refractivity contribution < 1.29 is 18.7 Å². The summed E-state index contributed by atoms with van der Waals surface area (Å²) in [5.74, 6) is -0.299. The topological polar surface area (TPSA) is 118 Å². The van der Waals surface area contributed by atoms with Crippen molar-refractivity contribution in [1.82, 2.24) is 25.6 Å². The number of ether oxygens (including phenoxy) is 1. The molecule has 0 aliphatic heterocycles. The van der Waals surface area contributed by atoms with Gasteiger partial charge in [0.2, 0.25) is 5.95 Å². The fourth-order valence-electron chi connectivity index (χ4n) is 3.42. The molecule has 1 fully saturated rings. The molecule has 0 radical (unpaired) electrons. The fraction of sp³-hybridized carbons (Fsp3) is 0.500. The molecule has 2 aromatic heterocycles. The van der Waals surface area contributed by atoms with Gasteiger partial charge in [-0.05, 0) is 45.7 Å². The van der Waals surface area contributed by atoms with Crippen molar-refractivity contribution in [3.8, 4) is 0 Å². The molecule has 2 aromatic rings. The molecular formula is C22H29FN6O3. The first kappa shape index (κ1) is 23.4. The van der Waals surface area contributed by atoms with Gasteiger partial charge in [0.15, 0.2) is 0 Å². The molecule has 3 rings (SSSR count). The number of nitrogens with one attached hydrogen (secondary N) is 3. The van der Waals surface area contributed by atoms with Gasteiger partial charge in [0.05, 0.1) is 11.3 Å². The van der Waals surface area contributed by atoms with Crippen LogP contribution in [0.25, 0.3) is 0 Å². The second-order valence-corrected chi connectivity index (χ2v) is 8.80. The number of nitrogens with zero attached hydrogens (tertiary/aromatic N) is 3. The number of amides is 2. The highest BCUT2D eigenvalue weighted by molar-refractivity contribution is 5.93. The largest absolute Gasteiger partial charge is 0.444 e. The Kier molecular flexibility index (Phi) is 7.22. The lowest BCUT2D eigenvalue weighted by atomic mass is 9.66. The van der Waals surface area contributed by atoms with E-state index in [0.29, 0.717) is 23.8 Å². The third kappa shape index (κ3) is 6.12. The Hall–Kier alpha value is -3.30. The van der Waals surface area contributed by atoms with Crippen LogP contribution in [0.15, 0.2) is 30.7 Å². The zero-order valence-electron chi connectivity index (χ0n) is 18.6. The van der Waals surface area contributed by atoms with Gasteiger partial charge >= 0.3 is 6.09 Å². The van der Waals surface area contributed by atoms with Crippen LogP contribution in [0.2, 0.25) is 0 Å². The van der Waals surface area contributed by atoms with Crippen LogP contribution in [0.4, 0.5) is 15.1 Å². The van der Waals surface area contributed by atoms with Gasteiger partial charge in [0.25, 0.3) is 5.91 Å². The maximum atomic E-state index is 14.2. The number of pyridine rings is 1. The van der Waals surface area contributed by atoms with Crippen molar-refractivity contribution in [2.75, 3.05) is 25.0 Å². The average Bonchev–Trinajstić information content (AvgIpc) is 2.70. The number of anilines is 1. The molecule has 1 aliphatic rings. The number of halogens is 1. The lowest BCUT2D eigenvalue weighted by molar-refractivity contribution is 0.0526. The zero-order valence-corrected chi connectivity index (χ0v) is 18.6. The lowest BCUT2D eigenvalue weighted by Gasteiger charge is -2.41. The molecule has 1 saturated carbocycles. The van der Waals surface area contributed by atoms with Crippen LogP contribution in [0, 0.1) is 5.82 Å². The van der Waals surface area contributed by atoms with Crippen molar-refractivity contribution >= 4 is 17.9 Å². The van der Waals surface area contributed by atoms with Crippen LogP contribution in [-0.4, -0.2) is 52.2 Å². The van der Waals surface area contributed by atoms with E-state index in [0.717, 1.165) is 19.3 Å². The fourth-order valence-corrected chi connectivity index (χ4v) is 3.42. The SMILES string of the molecule is CC(C)(C)OC(=O)NCCNC(=O)c1cnc(NCC2(c3ncccc3F)CCC2)nc1. The summed E-state index contributed by atoms with van der Waals surface area (Å²) < 4.78 is 19.3. The van der Waals surface area contributed by atoms with Crippen LogP contribution < -0.4 is 16.0 Å². The number of carbonyl (C=O) groups is 2. The van der Waals surface area contributed by atoms with Gasteiger partial charge in [-0.2, -0.15) is 0 Å². The number of rotatable bonds is 8. The van der Waals surface area contributed by atoms with E-state index in [1.54, 1.807) is 33.0 Å². The van der Waals surface area contributed by atoms with Gasteiger partial charge < -0.3 is 20.7 Å². The second-order valence-electron chi connectivity index (χ2n) is 8.80. The van der Waals surface area contributed by atoms with Gasteiger partial charge in [-0.3, -0.25) is 9.78 Å². The molecule has 2 heterocycles. The van der Waals surface area contributed by atoms with Crippen molar-refractivity contribution in [2.45, 2.75) is 51.0 Å². The maximum Gasteiger partial charge on any atom is 0.407 e.